The molecular weight excluding hydrogens is 290 g/mol. The fraction of sp³-hybridized carbons (Fsp3) is 0.182. The van der Waals surface area contributed by atoms with Crippen LogP contribution in [0.25, 0.3) is 5.95 Å². The van der Waals surface area contributed by atoms with Gasteiger partial charge in [0.15, 0.2) is 0 Å². The SMILES string of the molecule is NNc1nc(NCCc2cscn2)nc(-n2ccnc2)n1. The van der Waals surface area contributed by atoms with Gasteiger partial charge < -0.3 is 5.32 Å². The zero-order valence-electron chi connectivity index (χ0n) is 11.0. The number of nitrogens with zero attached hydrogens (tertiary/aromatic N) is 6. The van der Waals surface area contributed by atoms with E-state index in [1.165, 1.54) is 0 Å². The highest BCUT2D eigenvalue weighted by Crippen LogP contribution is 2.09. The van der Waals surface area contributed by atoms with E-state index in [9.17, 15) is 0 Å². The predicted octanol–water partition coefficient (Wildman–Crippen LogP) is 0.454. The van der Waals surface area contributed by atoms with Gasteiger partial charge in [-0.1, -0.05) is 0 Å². The van der Waals surface area contributed by atoms with Gasteiger partial charge in [-0.2, -0.15) is 15.0 Å². The average molecular weight is 303 g/mol. The minimum absolute atomic E-state index is 0.282. The van der Waals surface area contributed by atoms with Crippen LogP contribution in [0.2, 0.25) is 0 Å². The predicted molar refractivity (Wildman–Crippen MR) is 79.1 cm³/mol. The van der Waals surface area contributed by atoms with Gasteiger partial charge >= 0.3 is 0 Å². The first-order chi connectivity index (χ1) is 10.3. The molecule has 3 rings (SSSR count). The number of hydrogen-bond acceptors (Lipinski definition) is 9. The average Bonchev–Trinajstić information content (AvgIpc) is 3.20. The first-order valence-corrected chi connectivity index (χ1v) is 7.11. The Morgan fingerprint density at radius 2 is 2.14 bits per heavy atom. The van der Waals surface area contributed by atoms with Crippen molar-refractivity contribution in [3.8, 4) is 5.95 Å². The molecule has 108 valence electrons. The summed E-state index contributed by atoms with van der Waals surface area (Å²) in [5.74, 6) is 6.54. The van der Waals surface area contributed by atoms with Gasteiger partial charge in [0.05, 0.1) is 11.2 Å². The minimum atomic E-state index is 0.282. The van der Waals surface area contributed by atoms with Crippen LogP contribution in [0.1, 0.15) is 5.69 Å². The van der Waals surface area contributed by atoms with Gasteiger partial charge in [-0.25, -0.2) is 15.8 Å². The molecule has 0 spiro atoms. The van der Waals surface area contributed by atoms with Crippen molar-refractivity contribution in [1.29, 1.82) is 0 Å². The molecule has 0 aliphatic rings. The highest BCUT2D eigenvalue weighted by molar-refractivity contribution is 7.07. The number of nitrogens with one attached hydrogen (secondary N) is 2. The molecule has 3 aromatic rings. The van der Waals surface area contributed by atoms with E-state index in [-0.39, 0.29) is 5.95 Å². The highest BCUT2D eigenvalue weighted by atomic mass is 32.1. The third-order valence-electron chi connectivity index (χ3n) is 2.64. The van der Waals surface area contributed by atoms with Crippen molar-refractivity contribution in [2.75, 3.05) is 17.3 Å². The molecule has 0 bridgehead atoms. The Balaban J connectivity index is 1.73. The molecule has 9 nitrogen and oxygen atoms in total. The normalized spacial score (nSPS) is 10.5. The summed E-state index contributed by atoms with van der Waals surface area (Å²) in [6.45, 7) is 0.668. The highest BCUT2D eigenvalue weighted by Gasteiger charge is 2.07. The van der Waals surface area contributed by atoms with E-state index in [1.807, 2.05) is 10.9 Å². The number of hydrogen-bond donors (Lipinski definition) is 3. The molecule has 0 amide bonds. The van der Waals surface area contributed by atoms with E-state index in [0.717, 1.165) is 12.1 Å². The Morgan fingerprint density at radius 3 is 2.86 bits per heavy atom. The summed E-state index contributed by atoms with van der Waals surface area (Å²) in [5, 5.41) is 5.15. The topological polar surface area (TPSA) is 119 Å². The molecular formula is C11H13N9S. The van der Waals surface area contributed by atoms with Gasteiger partial charge in [-0.3, -0.25) is 9.99 Å². The summed E-state index contributed by atoms with van der Waals surface area (Å²) in [5.41, 5.74) is 5.27. The van der Waals surface area contributed by atoms with Gasteiger partial charge in [0.25, 0.3) is 0 Å². The molecule has 0 saturated carbocycles. The van der Waals surface area contributed by atoms with E-state index in [1.54, 1.807) is 34.6 Å². The molecule has 0 atom stereocenters. The zero-order chi connectivity index (χ0) is 14.5. The summed E-state index contributed by atoms with van der Waals surface area (Å²) in [7, 11) is 0. The quantitative estimate of drug-likeness (QED) is 0.443. The number of nitrogens with two attached hydrogens (primary N) is 1. The Bertz CT molecular complexity index is 680. The summed E-state index contributed by atoms with van der Waals surface area (Å²) >= 11 is 1.58. The molecule has 0 radical (unpaired) electrons. The second kappa shape index (κ2) is 6.24. The monoisotopic (exact) mass is 303 g/mol. The number of aromatic nitrogens is 6. The molecule has 0 unspecified atom stereocenters. The molecule has 21 heavy (non-hydrogen) atoms. The van der Waals surface area contributed by atoms with E-state index in [0.29, 0.717) is 18.4 Å². The van der Waals surface area contributed by atoms with Crippen LogP contribution in [0.3, 0.4) is 0 Å². The number of anilines is 2. The van der Waals surface area contributed by atoms with Gasteiger partial charge in [0.1, 0.15) is 6.33 Å². The van der Waals surface area contributed by atoms with Crippen LogP contribution in [-0.2, 0) is 6.42 Å². The van der Waals surface area contributed by atoms with Crippen molar-refractivity contribution in [1.82, 2.24) is 29.5 Å². The summed E-state index contributed by atoms with van der Waals surface area (Å²) < 4.78 is 1.67. The van der Waals surface area contributed by atoms with Crippen LogP contribution in [0.4, 0.5) is 11.9 Å². The molecule has 0 fully saturated rings. The summed E-state index contributed by atoms with van der Waals surface area (Å²) in [6.07, 6.45) is 5.79. The fourth-order valence-electron chi connectivity index (χ4n) is 1.66. The van der Waals surface area contributed by atoms with Crippen LogP contribution in [0.5, 0.6) is 0 Å². The van der Waals surface area contributed by atoms with E-state index < -0.39 is 0 Å². The van der Waals surface area contributed by atoms with Gasteiger partial charge in [-0.15, -0.1) is 11.3 Å². The lowest BCUT2D eigenvalue weighted by Crippen LogP contribution is -2.16. The second-order valence-electron chi connectivity index (χ2n) is 4.05. The second-order valence-corrected chi connectivity index (χ2v) is 4.77. The van der Waals surface area contributed by atoms with Crippen molar-refractivity contribution in [3.05, 3.63) is 35.3 Å². The standard InChI is InChI=1S/C11H13N9S/c12-19-10-16-9(14-2-1-8-5-21-7-15-8)17-11(18-10)20-4-3-13-6-20/h3-7H,1-2,12H2,(H2,14,16,17,18,19). The molecule has 0 aromatic carbocycles. The van der Waals surface area contributed by atoms with Crippen LogP contribution in [0.15, 0.2) is 29.6 Å². The number of nitrogen functional groups attached to an aromatic ring is 1. The van der Waals surface area contributed by atoms with Crippen molar-refractivity contribution in [2.24, 2.45) is 5.84 Å². The van der Waals surface area contributed by atoms with E-state index in [2.05, 4.69) is 35.7 Å². The van der Waals surface area contributed by atoms with Gasteiger partial charge in [0.2, 0.25) is 17.8 Å². The van der Waals surface area contributed by atoms with Crippen molar-refractivity contribution < 1.29 is 0 Å². The Morgan fingerprint density at radius 1 is 1.24 bits per heavy atom. The molecule has 4 N–H and O–H groups in total. The lowest BCUT2D eigenvalue weighted by Gasteiger charge is -2.08. The molecule has 0 aliphatic heterocycles. The first kappa shape index (κ1) is 13.4. The zero-order valence-corrected chi connectivity index (χ0v) is 11.8. The molecule has 10 heteroatoms. The van der Waals surface area contributed by atoms with Crippen LogP contribution in [-0.4, -0.2) is 36.0 Å². The number of rotatable bonds is 6. The largest absolute Gasteiger partial charge is 0.354 e. The van der Waals surface area contributed by atoms with E-state index in [4.69, 9.17) is 5.84 Å². The maximum absolute atomic E-state index is 5.38. The van der Waals surface area contributed by atoms with Crippen LogP contribution < -0.4 is 16.6 Å². The number of hydrazine groups is 1. The first-order valence-electron chi connectivity index (χ1n) is 6.17. The lowest BCUT2D eigenvalue weighted by atomic mass is 10.3. The van der Waals surface area contributed by atoms with Crippen molar-refractivity contribution >= 4 is 23.2 Å². The van der Waals surface area contributed by atoms with E-state index >= 15 is 0 Å². The third-order valence-corrected chi connectivity index (χ3v) is 3.27. The smallest absolute Gasteiger partial charge is 0.243 e. The molecule has 3 heterocycles. The van der Waals surface area contributed by atoms with Crippen LogP contribution >= 0.6 is 11.3 Å². The number of imidazole rings is 1. The number of thiazole rings is 1. The van der Waals surface area contributed by atoms with Crippen molar-refractivity contribution in [3.63, 3.8) is 0 Å². The summed E-state index contributed by atoms with van der Waals surface area (Å²) in [6, 6.07) is 0. The minimum Gasteiger partial charge on any atom is -0.354 e. The Hall–Kier alpha value is -2.59. The van der Waals surface area contributed by atoms with Crippen LogP contribution in [0, 0.1) is 0 Å². The molecule has 0 saturated heterocycles. The fourth-order valence-corrected chi connectivity index (χ4v) is 2.26. The van der Waals surface area contributed by atoms with Gasteiger partial charge in [0, 0.05) is 30.7 Å². The maximum atomic E-state index is 5.38. The Labute approximate surface area is 124 Å². The van der Waals surface area contributed by atoms with Gasteiger partial charge in [-0.05, 0) is 0 Å². The molecule has 3 aromatic heterocycles. The molecule has 0 aliphatic carbocycles. The maximum Gasteiger partial charge on any atom is 0.243 e. The third kappa shape index (κ3) is 3.30. The lowest BCUT2D eigenvalue weighted by molar-refractivity contribution is 0.879. The summed E-state index contributed by atoms with van der Waals surface area (Å²) in [4.78, 5) is 20.8. The van der Waals surface area contributed by atoms with Crippen molar-refractivity contribution in [2.45, 2.75) is 6.42 Å². The Kier molecular flexibility index (Phi) is 3.98.